The number of alkyl halides is 1. The van der Waals surface area contributed by atoms with E-state index in [1.165, 1.54) is 24.8 Å². The van der Waals surface area contributed by atoms with Crippen LogP contribution >= 0.6 is 0 Å². The minimum atomic E-state index is -1.90. The molecule has 4 aromatic rings. The van der Waals surface area contributed by atoms with Gasteiger partial charge in [0.15, 0.2) is 11.3 Å². The van der Waals surface area contributed by atoms with E-state index in [9.17, 15) is 13.6 Å². The smallest absolute Gasteiger partial charge is 0.259 e. The first-order valence-electron chi connectivity index (χ1n) is 13.7. The Balaban J connectivity index is 1.26. The molecule has 2 aliphatic heterocycles. The van der Waals surface area contributed by atoms with Gasteiger partial charge in [-0.3, -0.25) is 4.79 Å². The highest BCUT2D eigenvalue weighted by molar-refractivity contribution is 5.84. The number of anilines is 2. The molecule has 3 aromatic heterocycles. The van der Waals surface area contributed by atoms with Crippen LogP contribution in [0.2, 0.25) is 0 Å². The number of carbonyl (C=O) groups is 1. The highest BCUT2D eigenvalue weighted by atomic mass is 19.1. The van der Waals surface area contributed by atoms with Gasteiger partial charge in [0.05, 0.1) is 24.0 Å². The molecule has 5 heterocycles. The summed E-state index contributed by atoms with van der Waals surface area (Å²) in [6.45, 7) is 4.73. The minimum Gasteiger partial charge on any atom is -0.354 e. The maximum absolute atomic E-state index is 14.2. The molecular weight excluding hydrogens is 512 g/mol. The molecule has 1 amide bonds. The molecule has 8 nitrogen and oxygen atoms in total. The van der Waals surface area contributed by atoms with Gasteiger partial charge in [0.2, 0.25) is 0 Å². The molecule has 2 aliphatic rings. The van der Waals surface area contributed by atoms with Crippen molar-refractivity contribution in [2.75, 3.05) is 36.5 Å². The summed E-state index contributed by atoms with van der Waals surface area (Å²) in [4.78, 5) is 27.8. The Bertz CT molecular complexity index is 1550. The fourth-order valence-corrected chi connectivity index (χ4v) is 5.89. The van der Waals surface area contributed by atoms with Gasteiger partial charge in [0.25, 0.3) is 5.91 Å². The van der Waals surface area contributed by atoms with Gasteiger partial charge < -0.3 is 14.7 Å². The van der Waals surface area contributed by atoms with E-state index in [1.807, 2.05) is 40.9 Å². The number of carbonyl (C=O) groups excluding carboxylic acids is 1. The lowest BCUT2D eigenvalue weighted by Crippen LogP contribution is -2.46. The third-order valence-electron chi connectivity index (χ3n) is 7.99. The van der Waals surface area contributed by atoms with Crippen molar-refractivity contribution in [1.29, 1.82) is 0 Å². The number of benzene rings is 1. The van der Waals surface area contributed by atoms with Gasteiger partial charge in [-0.05, 0) is 75.1 Å². The van der Waals surface area contributed by atoms with Crippen molar-refractivity contribution in [1.82, 2.24) is 24.5 Å². The first kappa shape index (κ1) is 26.2. The fraction of sp³-hybridized carbons (Fsp3) is 0.400. The number of halogens is 2. The number of imidazole rings is 1. The van der Waals surface area contributed by atoms with Crippen LogP contribution in [0.15, 0.2) is 60.8 Å². The number of fused-ring (bicyclic) bond motifs is 1. The van der Waals surface area contributed by atoms with Crippen molar-refractivity contribution < 1.29 is 13.6 Å². The van der Waals surface area contributed by atoms with E-state index in [4.69, 9.17) is 10.1 Å². The second kappa shape index (κ2) is 10.1. The minimum absolute atomic E-state index is 0.0603. The van der Waals surface area contributed by atoms with Crippen LogP contribution in [0, 0.1) is 5.82 Å². The maximum Gasteiger partial charge on any atom is 0.259 e. The average Bonchev–Trinajstić information content (AvgIpc) is 3.71. The van der Waals surface area contributed by atoms with Crippen molar-refractivity contribution in [3.8, 4) is 11.4 Å². The Morgan fingerprint density at radius 3 is 2.67 bits per heavy atom. The molecule has 0 radical (unpaired) electrons. The lowest BCUT2D eigenvalue weighted by molar-refractivity contribution is -0.142. The van der Waals surface area contributed by atoms with E-state index in [0.29, 0.717) is 12.2 Å². The summed E-state index contributed by atoms with van der Waals surface area (Å²) in [5, 5.41) is 4.95. The number of rotatable bonds is 6. The van der Waals surface area contributed by atoms with E-state index in [-0.39, 0.29) is 17.9 Å². The molecule has 2 atom stereocenters. The zero-order chi connectivity index (χ0) is 28.0. The Labute approximate surface area is 232 Å². The van der Waals surface area contributed by atoms with E-state index in [1.54, 1.807) is 25.4 Å². The predicted molar refractivity (Wildman–Crippen MR) is 151 cm³/mol. The number of likely N-dealkylation sites (N-methyl/N-ethyl adjacent to an activating group) is 1. The van der Waals surface area contributed by atoms with Crippen molar-refractivity contribution >= 4 is 23.2 Å². The van der Waals surface area contributed by atoms with E-state index in [2.05, 4.69) is 14.8 Å². The molecule has 0 N–H and O–H groups in total. The zero-order valence-corrected chi connectivity index (χ0v) is 23.0. The number of nitrogens with zero attached hydrogens (tertiary/aromatic N) is 7. The highest BCUT2D eigenvalue weighted by Gasteiger charge is 2.36. The molecule has 0 bridgehead atoms. The summed E-state index contributed by atoms with van der Waals surface area (Å²) in [6, 6.07) is 16.5. The standard InChI is InChI=1S/C30H33F2N7O/c1-30(2,32)29(40)36(3)22-14-16-37(19-22)27-11-5-9-23(34-27)25-18-33-26-12-13-28(35-39(25)26)38-15-6-10-24(38)20-7-4-8-21(31)17-20/h4-5,7-9,11-13,17-18,22,24H,6,10,14-16,19H2,1-3H3/t22-,24-/m1/s1. The van der Waals surface area contributed by atoms with E-state index >= 15 is 0 Å². The largest absolute Gasteiger partial charge is 0.354 e. The second-order valence-corrected chi connectivity index (χ2v) is 11.2. The van der Waals surface area contributed by atoms with Gasteiger partial charge in [-0.15, -0.1) is 5.10 Å². The first-order valence-corrected chi connectivity index (χ1v) is 13.7. The predicted octanol–water partition coefficient (Wildman–Crippen LogP) is 5.06. The lowest BCUT2D eigenvalue weighted by Gasteiger charge is -2.29. The molecule has 2 fully saturated rings. The molecule has 10 heteroatoms. The highest BCUT2D eigenvalue weighted by Crippen LogP contribution is 2.36. The van der Waals surface area contributed by atoms with Crippen LogP contribution in [-0.2, 0) is 4.79 Å². The number of aromatic nitrogens is 4. The summed E-state index contributed by atoms with van der Waals surface area (Å²) in [5.41, 5.74) is 1.26. The monoisotopic (exact) mass is 545 g/mol. The van der Waals surface area contributed by atoms with Crippen molar-refractivity contribution in [2.24, 2.45) is 0 Å². The van der Waals surface area contributed by atoms with Gasteiger partial charge in [-0.25, -0.2) is 23.3 Å². The average molecular weight is 546 g/mol. The summed E-state index contributed by atoms with van der Waals surface area (Å²) >= 11 is 0. The third-order valence-corrected chi connectivity index (χ3v) is 7.99. The Morgan fingerprint density at radius 1 is 1.05 bits per heavy atom. The molecule has 0 spiro atoms. The van der Waals surface area contributed by atoms with Gasteiger partial charge >= 0.3 is 0 Å². The molecule has 2 saturated heterocycles. The summed E-state index contributed by atoms with van der Waals surface area (Å²) < 4.78 is 30.0. The van der Waals surface area contributed by atoms with E-state index in [0.717, 1.165) is 60.9 Å². The molecule has 0 unspecified atom stereocenters. The van der Waals surface area contributed by atoms with Crippen LogP contribution in [0.25, 0.3) is 17.0 Å². The summed E-state index contributed by atoms with van der Waals surface area (Å²) in [5.74, 6) is 0.855. The Hall–Kier alpha value is -4.08. The van der Waals surface area contributed by atoms with Crippen molar-refractivity contribution in [3.63, 3.8) is 0 Å². The van der Waals surface area contributed by atoms with Crippen LogP contribution in [0.4, 0.5) is 20.4 Å². The number of pyridine rings is 1. The Morgan fingerprint density at radius 2 is 1.88 bits per heavy atom. The SMILES string of the molecule is CN(C(=O)C(C)(C)F)[C@@H]1CCN(c2cccc(-c3cnc4ccc(N5CCC[C@@H]5c5cccc(F)c5)nn34)n2)C1. The number of hydrogen-bond donors (Lipinski definition) is 0. The molecule has 208 valence electrons. The fourth-order valence-electron chi connectivity index (χ4n) is 5.89. The number of amides is 1. The Kier molecular flexibility index (Phi) is 6.64. The van der Waals surface area contributed by atoms with Gasteiger partial charge in [-0.2, -0.15) is 0 Å². The molecule has 0 saturated carbocycles. The zero-order valence-electron chi connectivity index (χ0n) is 23.0. The van der Waals surface area contributed by atoms with Crippen LogP contribution < -0.4 is 9.80 Å². The maximum atomic E-state index is 14.2. The normalized spacial score (nSPS) is 19.5. The van der Waals surface area contributed by atoms with Crippen molar-refractivity contribution in [3.05, 3.63) is 72.2 Å². The molecule has 40 heavy (non-hydrogen) atoms. The van der Waals surface area contributed by atoms with Crippen molar-refractivity contribution in [2.45, 2.75) is 50.9 Å². The van der Waals surface area contributed by atoms with Gasteiger partial charge in [-0.1, -0.05) is 18.2 Å². The molecule has 6 rings (SSSR count). The molecular formula is C30H33F2N7O. The topological polar surface area (TPSA) is 69.9 Å². The molecule has 0 aliphatic carbocycles. The van der Waals surface area contributed by atoms with Gasteiger partial charge in [0.1, 0.15) is 23.1 Å². The number of hydrogen-bond acceptors (Lipinski definition) is 6. The quantitative estimate of drug-likeness (QED) is 0.338. The second-order valence-electron chi connectivity index (χ2n) is 11.2. The van der Waals surface area contributed by atoms with E-state index < -0.39 is 11.6 Å². The first-order chi connectivity index (χ1) is 19.2. The van der Waals surface area contributed by atoms with Gasteiger partial charge in [0, 0.05) is 26.7 Å². The summed E-state index contributed by atoms with van der Waals surface area (Å²) in [6.07, 6.45) is 4.45. The van der Waals surface area contributed by atoms with Crippen LogP contribution in [0.5, 0.6) is 0 Å². The third kappa shape index (κ3) is 4.87. The summed E-state index contributed by atoms with van der Waals surface area (Å²) in [7, 11) is 1.67. The lowest BCUT2D eigenvalue weighted by atomic mass is 10.0. The molecule has 1 aromatic carbocycles. The van der Waals surface area contributed by atoms with Crippen LogP contribution in [-0.4, -0.2) is 68.8 Å². The van der Waals surface area contributed by atoms with Crippen LogP contribution in [0.1, 0.15) is 44.7 Å². The van der Waals surface area contributed by atoms with Crippen LogP contribution in [0.3, 0.4) is 0 Å².